The van der Waals surface area contributed by atoms with Gasteiger partial charge in [-0.05, 0) is 29.8 Å². The van der Waals surface area contributed by atoms with Gasteiger partial charge in [-0.1, -0.05) is 30.3 Å². The van der Waals surface area contributed by atoms with Gasteiger partial charge in [0.15, 0.2) is 0 Å². The number of benzene rings is 3. The molecule has 1 heterocycles. The lowest BCUT2D eigenvalue weighted by Gasteiger charge is -2.36. The first-order valence-corrected chi connectivity index (χ1v) is 7.22. The maximum Gasteiger partial charge on any atom is 0.147 e. The van der Waals surface area contributed by atoms with Gasteiger partial charge in [0.2, 0.25) is 0 Å². The summed E-state index contributed by atoms with van der Waals surface area (Å²) < 4.78 is 5.78. The fraction of sp³-hybridized carbons (Fsp3) is 0.0526. The Morgan fingerprint density at radius 2 is 1.22 bits per heavy atom. The van der Waals surface area contributed by atoms with Crippen molar-refractivity contribution in [2.75, 3.05) is 0 Å². The summed E-state index contributed by atoms with van der Waals surface area (Å²) in [5.41, 5.74) is 0.340. The van der Waals surface area contributed by atoms with E-state index >= 15 is 0 Å². The normalized spacial score (nSPS) is 14.5. The SMILES string of the molecule is Oc1ccc2c(c1)Oc1cc(O)ccc1C2(O)c1ccccc1. The third-order valence-electron chi connectivity index (χ3n) is 4.12. The monoisotopic (exact) mass is 306 g/mol. The number of aliphatic hydroxyl groups is 1. The lowest BCUT2D eigenvalue weighted by molar-refractivity contribution is 0.112. The van der Waals surface area contributed by atoms with Gasteiger partial charge in [-0.25, -0.2) is 0 Å². The van der Waals surface area contributed by atoms with E-state index in [2.05, 4.69) is 0 Å². The molecule has 1 aliphatic heterocycles. The Labute approximate surface area is 132 Å². The van der Waals surface area contributed by atoms with Gasteiger partial charge in [-0.3, -0.25) is 0 Å². The van der Waals surface area contributed by atoms with E-state index in [0.29, 0.717) is 28.2 Å². The van der Waals surface area contributed by atoms with Crippen LogP contribution in [0.4, 0.5) is 0 Å². The van der Waals surface area contributed by atoms with Crippen LogP contribution in [-0.2, 0) is 5.60 Å². The summed E-state index contributed by atoms with van der Waals surface area (Å²) in [6.07, 6.45) is 0. The molecule has 4 rings (SSSR count). The van der Waals surface area contributed by atoms with Crippen LogP contribution >= 0.6 is 0 Å². The van der Waals surface area contributed by atoms with Gasteiger partial charge in [-0.2, -0.15) is 0 Å². The fourth-order valence-corrected chi connectivity index (χ4v) is 3.04. The maximum absolute atomic E-state index is 11.6. The number of ether oxygens (including phenoxy) is 1. The largest absolute Gasteiger partial charge is 0.508 e. The standard InChI is InChI=1S/C19H14O4/c20-13-6-8-15-17(10-13)23-18-11-14(21)7-9-16(18)19(15,22)12-4-2-1-3-5-12/h1-11,20-22H. The van der Waals surface area contributed by atoms with Crippen molar-refractivity contribution in [3.8, 4) is 23.0 Å². The molecule has 0 atom stereocenters. The minimum absolute atomic E-state index is 0.0442. The van der Waals surface area contributed by atoms with Crippen molar-refractivity contribution < 1.29 is 20.1 Å². The molecule has 0 saturated heterocycles. The molecule has 0 aliphatic carbocycles. The molecule has 1 aliphatic rings. The van der Waals surface area contributed by atoms with E-state index in [1.165, 1.54) is 24.3 Å². The van der Waals surface area contributed by atoms with Crippen LogP contribution in [0.2, 0.25) is 0 Å². The second kappa shape index (κ2) is 4.76. The smallest absolute Gasteiger partial charge is 0.147 e. The van der Waals surface area contributed by atoms with E-state index in [4.69, 9.17) is 4.74 Å². The molecule has 0 aromatic heterocycles. The topological polar surface area (TPSA) is 69.9 Å². The molecule has 0 saturated carbocycles. The zero-order valence-electron chi connectivity index (χ0n) is 12.1. The Balaban J connectivity index is 2.05. The summed E-state index contributed by atoms with van der Waals surface area (Å²) in [7, 11) is 0. The van der Waals surface area contributed by atoms with Crippen molar-refractivity contribution in [3.05, 3.63) is 83.4 Å². The average Bonchev–Trinajstić information content (AvgIpc) is 2.55. The number of hydrogen-bond acceptors (Lipinski definition) is 4. The molecule has 114 valence electrons. The van der Waals surface area contributed by atoms with Crippen LogP contribution in [0.15, 0.2) is 66.7 Å². The Morgan fingerprint density at radius 1 is 0.696 bits per heavy atom. The van der Waals surface area contributed by atoms with Crippen molar-refractivity contribution in [1.82, 2.24) is 0 Å². The molecule has 23 heavy (non-hydrogen) atoms. The number of aromatic hydroxyl groups is 2. The second-order valence-electron chi connectivity index (χ2n) is 5.54. The summed E-state index contributed by atoms with van der Waals surface area (Å²) in [6.45, 7) is 0. The molecule has 0 unspecified atom stereocenters. The average molecular weight is 306 g/mol. The van der Waals surface area contributed by atoms with Crippen LogP contribution < -0.4 is 4.74 Å². The molecule has 4 nitrogen and oxygen atoms in total. The van der Waals surface area contributed by atoms with Gasteiger partial charge in [0.1, 0.15) is 28.6 Å². The van der Waals surface area contributed by atoms with Crippen LogP contribution in [0.5, 0.6) is 23.0 Å². The van der Waals surface area contributed by atoms with Crippen molar-refractivity contribution in [2.45, 2.75) is 5.60 Å². The van der Waals surface area contributed by atoms with E-state index in [1.807, 2.05) is 30.3 Å². The van der Waals surface area contributed by atoms with Crippen LogP contribution in [0.25, 0.3) is 0 Å². The predicted octanol–water partition coefficient (Wildman–Crippen LogP) is 3.49. The lowest BCUT2D eigenvalue weighted by atomic mass is 9.78. The van der Waals surface area contributed by atoms with E-state index in [9.17, 15) is 15.3 Å². The first-order valence-electron chi connectivity index (χ1n) is 7.22. The minimum Gasteiger partial charge on any atom is -0.508 e. The van der Waals surface area contributed by atoms with Crippen LogP contribution in [0, 0.1) is 0 Å². The van der Waals surface area contributed by atoms with E-state index < -0.39 is 5.60 Å². The number of rotatable bonds is 1. The zero-order valence-corrected chi connectivity index (χ0v) is 12.1. The Hall–Kier alpha value is -2.98. The first-order chi connectivity index (χ1) is 11.1. The molecule has 0 radical (unpaired) electrons. The number of phenols is 2. The van der Waals surface area contributed by atoms with Gasteiger partial charge in [0, 0.05) is 23.3 Å². The Morgan fingerprint density at radius 3 is 1.74 bits per heavy atom. The Kier molecular flexibility index (Phi) is 2.83. The first kappa shape index (κ1) is 13.7. The van der Waals surface area contributed by atoms with Crippen molar-refractivity contribution in [3.63, 3.8) is 0 Å². The molecule has 0 spiro atoms. The highest BCUT2D eigenvalue weighted by Gasteiger charge is 2.42. The number of hydrogen-bond donors (Lipinski definition) is 3. The van der Waals surface area contributed by atoms with Crippen molar-refractivity contribution >= 4 is 0 Å². The van der Waals surface area contributed by atoms with E-state index in [-0.39, 0.29) is 11.5 Å². The summed E-state index contributed by atoms with van der Waals surface area (Å²) in [6, 6.07) is 18.5. The van der Waals surface area contributed by atoms with Gasteiger partial charge in [0.05, 0.1) is 0 Å². The molecular weight excluding hydrogens is 292 g/mol. The van der Waals surface area contributed by atoms with Gasteiger partial charge in [-0.15, -0.1) is 0 Å². The van der Waals surface area contributed by atoms with Crippen LogP contribution in [-0.4, -0.2) is 15.3 Å². The quantitative estimate of drug-likeness (QED) is 0.643. The highest BCUT2D eigenvalue weighted by atomic mass is 16.5. The van der Waals surface area contributed by atoms with Crippen LogP contribution in [0.1, 0.15) is 16.7 Å². The minimum atomic E-state index is -1.43. The predicted molar refractivity (Wildman–Crippen MR) is 84.8 cm³/mol. The third-order valence-corrected chi connectivity index (χ3v) is 4.12. The molecule has 0 amide bonds. The lowest BCUT2D eigenvalue weighted by Crippen LogP contribution is -2.32. The number of phenolic OH excluding ortho intramolecular Hbond substituents is 2. The zero-order chi connectivity index (χ0) is 16.0. The highest BCUT2D eigenvalue weighted by molar-refractivity contribution is 5.62. The maximum atomic E-state index is 11.6. The van der Waals surface area contributed by atoms with Crippen LogP contribution in [0.3, 0.4) is 0 Å². The summed E-state index contributed by atoms with van der Waals surface area (Å²) in [4.78, 5) is 0. The van der Waals surface area contributed by atoms with Crippen molar-refractivity contribution in [2.24, 2.45) is 0 Å². The van der Waals surface area contributed by atoms with E-state index in [0.717, 1.165) is 0 Å². The molecule has 3 N–H and O–H groups in total. The fourth-order valence-electron chi connectivity index (χ4n) is 3.04. The van der Waals surface area contributed by atoms with Crippen molar-refractivity contribution in [1.29, 1.82) is 0 Å². The summed E-state index contributed by atoms with van der Waals surface area (Å²) in [5, 5.41) is 31.0. The van der Waals surface area contributed by atoms with Gasteiger partial charge in [0.25, 0.3) is 0 Å². The summed E-state index contributed by atoms with van der Waals surface area (Å²) in [5.74, 6) is 0.800. The molecule has 3 aromatic rings. The van der Waals surface area contributed by atoms with Gasteiger partial charge >= 0.3 is 0 Å². The second-order valence-corrected chi connectivity index (χ2v) is 5.54. The number of fused-ring (bicyclic) bond motifs is 2. The molecule has 3 aromatic carbocycles. The molecular formula is C19H14O4. The molecule has 0 bridgehead atoms. The Bertz CT molecular complexity index is 836. The van der Waals surface area contributed by atoms with Gasteiger partial charge < -0.3 is 20.1 Å². The van der Waals surface area contributed by atoms with E-state index in [1.54, 1.807) is 12.1 Å². The molecule has 0 fully saturated rings. The summed E-state index contributed by atoms with van der Waals surface area (Å²) >= 11 is 0. The highest BCUT2D eigenvalue weighted by Crippen LogP contribution is 2.51. The molecule has 4 heteroatoms. The third kappa shape index (κ3) is 1.96.